The number of rotatable bonds is 5. The summed E-state index contributed by atoms with van der Waals surface area (Å²) in [6, 6.07) is 15.1. The quantitative estimate of drug-likeness (QED) is 0.850. The molecule has 1 saturated heterocycles. The molecular weight excluding hydrogens is 324 g/mol. The predicted octanol–water partition coefficient (Wildman–Crippen LogP) is 4.64. The molecule has 1 aliphatic heterocycles. The maximum atomic E-state index is 10.3. The van der Waals surface area contributed by atoms with Crippen LogP contribution >= 0.6 is 0 Å². The molecule has 0 aliphatic carbocycles. The minimum Gasteiger partial charge on any atom is -0.393 e. The van der Waals surface area contributed by atoms with Crippen molar-refractivity contribution in [3.8, 4) is 0 Å². The average Bonchev–Trinajstić information content (AvgIpc) is 2.58. The lowest BCUT2D eigenvalue weighted by atomic mass is 9.89. The standard InChI is InChI=1S/C23H30O3/c1-5-25-23(15-22(24)12-18(4)26-23)21-11-8-17(3)20(14-21)13-19-9-6-16(2)7-10-19/h6-11,14,18,22,24H,5,12-13,15H2,1-4H3/t18?,22?,23-/m1/s1. The summed E-state index contributed by atoms with van der Waals surface area (Å²) in [5, 5.41) is 10.3. The molecule has 3 atom stereocenters. The van der Waals surface area contributed by atoms with E-state index in [2.05, 4.69) is 56.3 Å². The molecule has 0 bridgehead atoms. The summed E-state index contributed by atoms with van der Waals surface area (Å²) in [5.74, 6) is -0.860. The Morgan fingerprint density at radius 1 is 1.15 bits per heavy atom. The summed E-state index contributed by atoms with van der Waals surface area (Å²) in [6.45, 7) is 8.75. The highest BCUT2D eigenvalue weighted by Crippen LogP contribution is 2.39. The zero-order chi connectivity index (χ0) is 18.7. The molecule has 26 heavy (non-hydrogen) atoms. The van der Waals surface area contributed by atoms with Gasteiger partial charge in [0, 0.05) is 18.6 Å². The maximum absolute atomic E-state index is 10.3. The molecule has 0 radical (unpaired) electrons. The number of hydrogen-bond acceptors (Lipinski definition) is 3. The van der Waals surface area contributed by atoms with Crippen LogP contribution in [0.5, 0.6) is 0 Å². The van der Waals surface area contributed by atoms with Crippen molar-refractivity contribution < 1.29 is 14.6 Å². The van der Waals surface area contributed by atoms with Crippen molar-refractivity contribution in [1.82, 2.24) is 0 Å². The molecule has 2 unspecified atom stereocenters. The molecule has 3 rings (SSSR count). The van der Waals surface area contributed by atoms with Crippen LogP contribution in [0.15, 0.2) is 42.5 Å². The van der Waals surface area contributed by atoms with Gasteiger partial charge in [-0.05, 0) is 63.3 Å². The second-order valence-electron chi connectivity index (χ2n) is 7.51. The minimum atomic E-state index is -0.860. The number of aliphatic hydroxyl groups excluding tert-OH is 1. The van der Waals surface area contributed by atoms with E-state index in [9.17, 15) is 5.11 Å². The summed E-state index contributed by atoms with van der Waals surface area (Å²) < 4.78 is 12.3. The van der Waals surface area contributed by atoms with Crippen LogP contribution in [-0.2, 0) is 21.7 Å². The molecule has 0 amide bonds. The van der Waals surface area contributed by atoms with Crippen LogP contribution in [0.25, 0.3) is 0 Å². The van der Waals surface area contributed by atoms with Crippen molar-refractivity contribution in [2.24, 2.45) is 0 Å². The van der Waals surface area contributed by atoms with E-state index >= 15 is 0 Å². The molecule has 3 heteroatoms. The third-order valence-electron chi connectivity index (χ3n) is 5.18. The van der Waals surface area contributed by atoms with Gasteiger partial charge in [-0.15, -0.1) is 0 Å². The van der Waals surface area contributed by atoms with Gasteiger partial charge >= 0.3 is 0 Å². The van der Waals surface area contributed by atoms with Crippen LogP contribution in [0, 0.1) is 13.8 Å². The van der Waals surface area contributed by atoms with E-state index in [1.165, 1.54) is 22.3 Å². The molecule has 2 aromatic carbocycles. The van der Waals surface area contributed by atoms with Crippen molar-refractivity contribution in [1.29, 1.82) is 0 Å². The zero-order valence-electron chi connectivity index (χ0n) is 16.3. The Bertz CT molecular complexity index is 726. The Balaban J connectivity index is 1.94. The van der Waals surface area contributed by atoms with Crippen LogP contribution in [-0.4, -0.2) is 23.9 Å². The number of aryl methyl sites for hydroxylation is 2. The second kappa shape index (κ2) is 7.91. The number of benzene rings is 2. The molecular formula is C23H30O3. The number of hydrogen-bond donors (Lipinski definition) is 1. The highest BCUT2D eigenvalue weighted by Gasteiger charge is 2.42. The lowest BCUT2D eigenvalue weighted by Crippen LogP contribution is -2.45. The first kappa shape index (κ1) is 19.1. The lowest BCUT2D eigenvalue weighted by molar-refractivity contribution is -0.300. The fraction of sp³-hybridized carbons (Fsp3) is 0.478. The fourth-order valence-electron chi connectivity index (χ4n) is 3.82. The van der Waals surface area contributed by atoms with E-state index in [0.717, 1.165) is 12.0 Å². The van der Waals surface area contributed by atoms with Gasteiger partial charge in [-0.3, -0.25) is 0 Å². The van der Waals surface area contributed by atoms with E-state index in [-0.39, 0.29) is 6.10 Å². The van der Waals surface area contributed by atoms with Gasteiger partial charge in [0.15, 0.2) is 5.79 Å². The third kappa shape index (κ3) is 4.17. The van der Waals surface area contributed by atoms with Crippen molar-refractivity contribution in [3.63, 3.8) is 0 Å². The van der Waals surface area contributed by atoms with Crippen LogP contribution in [0.3, 0.4) is 0 Å². The second-order valence-corrected chi connectivity index (χ2v) is 7.51. The van der Waals surface area contributed by atoms with E-state index in [1.54, 1.807) is 0 Å². The SMILES string of the molecule is CCO[C@]1(c2ccc(C)c(Cc3ccc(C)cc3)c2)CC(O)CC(C)O1. The normalized spacial score (nSPS) is 26.0. The highest BCUT2D eigenvalue weighted by atomic mass is 16.7. The van der Waals surface area contributed by atoms with Gasteiger partial charge in [-0.1, -0.05) is 42.0 Å². The summed E-state index contributed by atoms with van der Waals surface area (Å²) in [4.78, 5) is 0. The Labute approximate surface area is 157 Å². The van der Waals surface area contributed by atoms with Gasteiger partial charge in [0.2, 0.25) is 0 Å². The monoisotopic (exact) mass is 354 g/mol. The number of aliphatic hydroxyl groups is 1. The van der Waals surface area contributed by atoms with Crippen molar-refractivity contribution in [2.45, 2.75) is 65.0 Å². The van der Waals surface area contributed by atoms with Gasteiger partial charge in [-0.2, -0.15) is 0 Å². The molecule has 3 nitrogen and oxygen atoms in total. The smallest absolute Gasteiger partial charge is 0.197 e. The van der Waals surface area contributed by atoms with E-state index in [0.29, 0.717) is 19.4 Å². The molecule has 1 heterocycles. The summed E-state index contributed by atoms with van der Waals surface area (Å²) in [6.07, 6.45) is 1.55. The van der Waals surface area contributed by atoms with Crippen LogP contribution in [0.4, 0.5) is 0 Å². The topological polar surface area (TPSA) is 38.7 Å². The van der Waals surface area contributed by atoms with E-state index in [1.807, 2.05) is 13.8 Å². The van der Waals surface area contributed by atoms with Gasteiger partial charge in [0.1, 0.15) is 0 Å². The van der Waals surface area contributed by atoms with Gasteiger partial charge < -0.3 is 14.6 Å². The average molecular weight is 354 g/mol. The van der Waals surface area contributed by atoms with Crippen LogP contribution in [0.1, 0.15) is 54.5 Å². The van der Waals surface area contributed by atoms with Crippen molar-refractivity contribution in [3.05, 3.63) is 70.3 Å². The van der Waals surface area contributed by atoms with Crippen molar-refractivity contribution in [2.75, 3.05) is 6.61 Å². The largest absolute Gasteiger partial charge is 0.393 e. The van der Waals surface area contributed by atoms with Gasteiger partial charge in [0.05, 0.1) is 12.2 Å². The van der Waals surface area contributed by atoms with Crippen LogP contribution in [0.2, 0.25) is 0 Å². The Kier molecular flexibility index (Phi) is 5.81. The minimum absolute atomic E-state index is 0.0350. The maximum Gasteiger partial charge on any atom is 0.197 e. The molecule has 1 N–H and O–H groups in total. The summed E-state index contributed by atoms with van der Waals surface area (Å²) >= 11 is 0. The highest BCUT2D eigenvalue weighted by molar-refractivity contribution is 5.38. The Morgan fingerprint density at radius 2 is 1.88 bits per heavy atom. The third-order valence-corrected chi connectivity index (χ3v) is 5.18. The predicted molar refractivity (Wildman–Crippen MR) is 104 cm³/mol. The first-order valence-corrected chi connectivity index (χ1v) is 9.57. The first-order valence-electron chi connectivity index (χ1n) is 9.57. The van der Waals surface area contributed by atoms with E-state index in [4.69, 9.17) is 9.47 Å². The summed E-state index contributed by atoms with van der Waals surface area (Å²) in [5.41, 5.74) is 6.08. The van der Waals surface area contributed by atoms with Crippen molar-refractivity contribution >= 4 is 0 Å². The molecule has 2 aromatic rings. The molecule has 0 saturated carbocycles. The van der Waals surface area contributed by atoms with Gasteiger partial charge in [0.25, 0.3) is 0 Å². The Hall–Kier alpha value is -1.68. The van der Waals surface area contributed by atoms with Crippen LogP contribution < -0.4 is 0 Å². The lowest BCUT2D eigenvalue weighted by Gasteiger charge is -2.42. The number of ether oxygens (including phenoxy) is 2. The Morgan fingerprint density at radius 3 is 2.54 bits per heavy atom. The first-order chi connectivity index (χ1) is 12.4. The molecule has 1 aliphatic rings. The molecule has 0 spiro atoms. The van der Waals surface area contributed by atoms with E-state index < -0.39 is 11.9 Å². The zero-order valence-corrected chi connectivity index (χ0v) is 16.3. The summed E-state index contributed by atoms with van der Waals surface area (Å²) in [7, 11) is 0. The van der Waals surface area contributed by atoms with Gasteiger partial charge in [-0.25, -0.2) is 0 Å². The fourth-order valence-corrected chi connectivity index (χ4v) is 3.82. The molecule has 1 fully saturated rings. The molecule has 0 aromatic heterocycles. The molecule has 140 valence electrons.